The molecule has 0 spiro atoms. The predicted molar refractivity (Wildman–Crippen MR) is 111 cm³/mol. The highest BCUT2D eigenvalue weighted by Gasteiger charge is 2.20. The van der Waals surface area contributed by atoms with Gasteiger partial charge in [0.1, 0.15) is 5.75 Å². The van der Waals surface area contributed by atoms with Crippen LogP contribution in [0.25, 0.3) is 22.4 Å². The van der Waals surface area contributed by atoms with Crippen molar-refractivity contribution in [2.75, 3.05) is 45.2 Å². The summed E-state index contributed by atoms with van der Waals surface area (Å²) in [6, 6.07) is 11.7. The maximum absolute atomic E-state index is 12.8. The first-order valence-electron chi connectivity index (χ1n) is 9.65. The second-order valence-electron chi connectivity index (χ2n) is 7.15. The summed E-state index contributed by atoms with van der Waals surface area (Å²) in [6.45, 7) is 5.86. The number of nitrogens with zero attached hydrogens (tertiary/aromatic N) is 3. The van der Waals surface area contributed by atoms with Gasteiger partial charge in [-0.3, -0.25) is 0 Å². The lowest BCUT2D eigenvalue weighted by atomic mass is 10.1. The van der Waals surface area contributed by atoms with Crippen LogP contribution in [0.4, 0.5) is 5.69 Å². The molecule has 1 aromatic heterocycles. The van der Waals surface area contributed by atoms with Crippen LogP contribution in [-0.2, 0) is 6.42 Å². The van der Waals surface area contributed by atoms with Crippen molar-refractivity contribution in [1.29, 1.82) is 0 Å². The monoisotopic (exact) mass is 379 g/mol. The lowest BCUT2D eigenvalue weighted by Gasteiger charge is -2.34. The summed E-state index contributed by atoms with van der Waals surface area (Å²) >= 11 is 0. The van der Waals surface area contributed by atoms with Crippen molar-refractivity contribution in [1.82, 2.24) is 9.88 Å². The van der Waals surface area contributed by atoms with Gasteiger partial charge in [-0.05, 0) is 37.2 Å². The molecule has 1 saturated heterocycles. The third-order valence-corrected chi connectivity index (χ3v) is 5.38. The third-order valence-electron chi connectivity index (χ3n) is 5.38. The molecule has 146 valence electrons. The second kappa shape index (κ2) is 7.64. The van der Waals surface area contributed by atoms with Gasteiger partial charge in [0.2, 0.25) is 5.89 Å². The summed E-state index contributed by atoms with van der Waals surface area (Å²) in [5.41, 5.74) is 3.02. The lowest BCUT2D eigenvalue weighted by Crippen LogP contribution is -2.44. The van der Waals surface area contributed by atoms with Crippen molar-refractivity contribution in [3.63, 3.8) is 0 Å². The van der Waals surface area contributed by atoms with Crippen LogP contribution in [0, 0.1) is 0 Å². The van der Waals surface area contributed by atoms with Crippen molar-refractivity contribution >= 4 is 16.6 Å². The fourth-order valence-electron chi connectivity index (χ4n) is 3.74. The molecule has 1 aliphatic rings. The molecule has 0 bridgehead atoms. The Morgan fingerprint density at radius 2 is 1.89 bits per heavy atom. The van der Waals surface area contributed by atoms with Gasteiger partial charge in [-0.25, -0.2) is 9.78 Å². The minimum Gasteiger partial charge on any atom is -0.497 e. The largest absolute Gasteiger partial charge is 0.497 e. The highest BCUT2D eigenvalue weighted by molar-refractivity contribution is 5.85. The molecule has 0 unspecified atom stereocenters. The van der Waals surface area contributed by atoms with Gasteiger partial charge in [0, 0.05) is 37.9 Å². The Balaban J connectivity index is 1.85. The van der Waals surface area contributed by atoms with Gasteiger partial charge in [0.15, 0.2) is 0 Å². The van der Waals surface area contributed by atoms with Crippen LogP contribution in [0.5, 0.6) is 5.75 Å². The number of hydrogen-bond acceptors (Lipinski definition) is 6. The van der Waals surface area contributed by atoms with Crippen molar-refractivity contribution in [2.45, 2.75) is 13.3 Å². The molecular weight excluding hydrogens is 354 g/mol. The van der Waals surface area contributed by atoms with Crippen LogP contribution in [0.1, 0.15) is 12.5 Å². The van der Waals surface area contributed by atoms with Crippen molar-refractivity contribution < 1.29 is 9.15 Å². The molecular formula is C22H25N3O3. The van der Waals surface area contributed by atoms with E-state index in [4.69, 9.17) is 14.1 Å². The molecule has 1 aliphatic heterocycles. The minimum absolute atomic E-state index is 0.349. The molecule has 0 atom stereocenters. The molecule has 0 radical (unpaired) electrons. The first kappa shape index (κ1) is 18.5. The van der Waals surface area contributed by atoms with Gasteiger partial charge < -0.3 is 19.0 Å². The van der Waals surface area contributed by atoms with E-state index in [1.807, 2.05) is 31.2 Å². The Bertz CT molecular complexity index is 1050. The molecule has 28 heavy (non-hydrogen) atoms. The number of hydrogen-bond donors (Lipinski definition) is 0. The molecule has 1 fully saturated rings. The number of ether oxygens (including phenoxy) is 1. The van der Waals surface area contributed by atoms with Gasteiger partial charge >= 0.3 is 5.63 Å². The number of methoxy groups -OCH3 is 1. The zero-order valence-corrected chi connectivity index (χ0v) is 16.6. The summed E-state index contributed by atoms with van der Waals surface area (Å²) in [4.78, 5) is 22.2. The number of benzene rings is 2. The molecule has 4 rings (SSSR count). The molecule has 6 nitrogen and oxygen atoms in total. The van der Waals surface area contributed by atoms with Gasteiger partial charge in [-0.2, -0.15) is 0 Å². The van der Waals surface area contributed by atoms with E-state index >= 15 is 0 Å². The van der Waals surface area contributed by atoms with Crippen LogP contribution in [-0.4, -0.2) is 50.2 Å². The average molecular weight is 379 g/mol. The summed E-state index contributed by atoms with van der Waals surface area (Å²) < 4.78 is 11.1. The Labute approximate surface area is 164 Å². The Morgan fingerprint density at radius 1 is 1.14 bits per heavy atom. The van der Waals surface area contributed by atoms with E-state index in [0.717, 1.165) is 43.0 Å². The summed E-state index contributed by atoms with van der Waals surface area (Å²) in [5, 5.41) is 0.532. The molecule has 0 amide bonds. The van der Waals surface area contributed by atoms with Gasteiger partial charge in [0.25, 0.3) is 0 Å². The van der Waals surface area contributed by atoms with Crippen LogP contribution in [0.3, 0.4) is 0 Å². The van der Waals surface area contributed by atoms with E-state index < -0.39 is 0 Å². The topological polar surface area (TPSA) is 58.8 Å². The first-order chi connectivity index (χ1) is 13.6. The smallest absolute Gasteiger partial charge is 0.347 e. The number of piperazine rings is 1. The molecule has 2 aromatic carbocycles. The molecule has 0 aliphatic carbocycles. The molecule has 0 saturated carbocycles. The number of anilines is 1. The molecule has 2 heterocycles. The fraction of sp³-hybridized carbons (Fsp3) is 0.364. The Hall–Kier alpha value is -2.86. The maximum Gasteiger partial charge on any atom is 0.347 e. The number of rotatable bonds is 4. The highest BCUT2D eigenvalue weighted by atomic mass is 16.5. The number of likely N-dealkylation sites (N-methyl/N-ethyl adjacent to an activating group) is 1. The zero-order valence-electron chi connectivity index (χ0n) is 16.6. The standard InChI is InChI=1S/C22H25N3O3/c1-4-15-13-16(27-3)14-18-20(15)22(26)28-21(23-18)17-7-5-6-8-19(17)25-11-9-24(2)10-12-25/h5-8,13-14H,4,9-12H2,1-3H3. The predicted octanol–water partition coefficient (Wildman–Crippen LogP) is 3.18. The molecule has 3 aromatic rings. The maximum atomic E-state index is 12.8. The van der Waals surface area contributed by atoms with E-state index in [0.29, 0.717) is 29.0 Å². The average Bonchev–Trinajstić information content (AvgIpc) is 2.73. The Morgan fingerprint density at radius 3 is 2.61 bits per heavy atom. The van der Waals surface area contributed by atoms with Crippen LogP contribution in [0.15, 0.2) is 45.6 Å². The number of para-hydroxylation sites is 1. The summed E-state index contributed by atoms with van der Waals surface area (Å²) in [7, 11) is 3.75. The van der Waals surface area contributed by atoms with Crippen LogP contribution < -0.4 is 15.3 Å². The zero-order chi connectivity index (χ0) is 19.7. The number of aryl methyl sites for hydroxylation is 1. The number of fused-ring (bicyclic) bond motifs is 1. The molecule has 0 N–H and O–H groups in total. The SMILES string of the molecule is CCc1cc(OC)cc2nc(-c3ccccc3N3CCN(C)CC3)oc(=O)c12. The van der Waals surface area contributed by atoms with Crippen LogP contribution >= 0.6 is 0 Å². The van der Waals surface area contributed by atoms with E-state index in [1.54, 1.807) is 13.2 Å². The van der Waals surface area contributed by atoms with Gasteiger partial charge in [-0.15, -0.1) is 0 Å². The van der Waals surface area contributed by atoms with E-state index in [-0.39, 0.29) is 5.63 Å². The normalized spacial score (nSPS) is 15.2. The lowest BCUT2D eigenvalue weighted by molar-refractivity contribution is 0.313. The van der Waals surface area contributed by atoms with E-state index in [9.17, 15) is 4.79 Å². The minimum atomic E-state index is -0.354. The van der Waals surface area contributed by atoms with Crippen molar-refractivity contribution in [2.24, 2.45) is 0 Å². The van der Waals surface area contributed by atoms with E-state index in [2.05, 4.69) is 22.9 Å². The van der Waals surface area contributed by atoms with Gasteiger partial charge in [0.05, 0.1) is 23.6 Å². The van der Waals surface area contributed by atoms with Crippen LogP contribution in [0.2, 0.25) is 0 Å². The Kier molecular flexibility index (Phi) is 5.05. The van der Waals surface area contributed by atoms with E-state index in [1.165, 1.54) is 0 Å². The highest BCUT2D eigenvalue weighted by Crippen LogP contribution is 2.31. The second-order valence-corrected chi connectivity index (χ2v) is 7.15. The first-order valence-corrected chi connectivity index (χ1v) is 9.65. The molecule has 6 heteroatoms. The number of aromatic nitrogens is 1. The third kappa shape index (κ3) is 3.36. The van der Waals surface area contributed by atoms with Gasteiger partial charge in [-0.1, -0.05) is 19.1 Å². The van der Waals surface area contributed by atoms with Crippen molar-refractivity contribution in [3.05, 3.63) is 52.4 Å². The quantitative estimate of drug-likeness (QED) is 0.694. The summed E-state index contributed by atoms with van der Waals surface area (Å²) in [5.74, 6) is 1.04. The summed E-state index contributed by atoms with van der Waals surface area (Å²) in [6.07, 6.45) is 0.706. The van der Waals surface area contributed by atoms with Crippen molar-refractivity contribution in [3.8, 4) is 17.2 Å². The fourth-order valence-corrected chi connectivity index (χ4v) is 3.74.